The van der Waals surface area contributed by atoms with Crippen molar-refractivity contribution in [3.05, 3.63) is 29.3 Å². The average molecular weight is 462 g/mol. The molecule has 3 aliphatic heterocycles. The van der Waals surface area contributed by atoms with E-state index in [4.69, 9.17) is 14.2 Å². The SMILES string of the molecule is CC1(C)Oc2ccc(C#N)cc2[C@H](N2CCCC2=O)[C@H]1O[C@@H]1O[C@H](C(=O)O)[C@@H](O)[C@H](O)[C@H]1O. The van der Waals surface area contributed by atoms with E-state index in [-0.39, 0.29) is 5.91 Å². The molecule has 0 radical (unpaired) electrons. The second kappa shape index (κ2) is 8.55. The summed E-state index contributed by atoms with van der Waals surface area (Å²) in [4.78, 5) is 25.8. The number of carboxylic acids is 1. The number of carboxylic acid groups (broad SMARTS) is 1. The van der Waals surface area contributed by atoms with Gasteiger partial charge in [0.25, 0.3) is 0 Å². The van der Waals surface area contributed by atoms with Crippen LogP contribution < -0.4 is 4.74 Å². The van der Waals surface area contributed by atoms with E-state index in [2.05, 4.69) is 6.07 Å². The predicted octanol–water partition coefficient (Wildman–Crippen LogP) is -0.330. The fourth-order valence-corrected chi connectivity index (χ4v) is 4.67. The van der Waals surface area contributed by atoms with Crippen LogP contribution in [-0.4, -0.2) is 86.2 Å². The van der Waals surface area contributed by atoms with Crippen molar-refractivity contribution >= 4 is 11.9 Å². The standard InChI is InChI=1S/C22H26N2O9/c1-22(2)19(32-21-17(28)15(26)16(27)18(31-21)20(29)30)14(24-7-3-4-13(24)25)11-8-10(9-23)5-6-12(11)33-22/h5-6,8,14-19,21,26-28H,3-4,7H2,1-2H3,(H,29,30)/t14-,15-,16-,17+,18-,19+,21-/m0/s1. The summed E-state index contributed by atoms with van der Waals surface area (Å²) >= 11 is 0. The van der Waals surface area contributed by atoms with Crippen LogP contribution in [0, 0.1) is 11.3 Å². The highest BCUT2D eigenvalue weighted by molar-refractivity contribution is 5.79. The number of ether oxygens (including phenoxy) is 3. The minimum absolute atomic E-state index is 0.122. The molecule has 0 aliphatic carbocycles. The van der Waals surface area contributed by atoms with Crippen LogP contribution in [0.5, 0.6) is 5.75 Å². The maximum absolute atomic E-state index is 12.7. The Hall–Kier alpha value is -2.75. The normalized spacial score (nSPS) is 35.5. The largest absolute Gasteiger partial charge is 0.485 e. The first-order chi connectivity index (χ1) is 15.5. The molecular formula is C22H26N2O9. The van der Waals surface area contributed by atoms with Gasteiger partial charge in [0.1, 0.15) is 35.8 Å². The number of nitrogens with zero attached hydrogens (tertiary/aromatic N) is 2. The van der Waals surface area contributed by atoms with Crippen LogP contribution in [0.2, 0.25) is 0 Å². The molecule has 4 N–H and O–H groups in total. The summed E-state index contributed by atoms with van der Waals surface area (Å²) in [6.07, 6.45) is -8.91. The Morgan fingerprint density at radius 2 is 1.97 bits per heavy atom. The van der Waals surface area contributed by atoms with Crippen molar-refractivity contribution in [2.75, 3.05) is 6.54 Å². The Kier molecular flexibility index (Phi) is 6.07. The van der Waals surface area contributed by atoms with Crippen LogP contribution in [-0.2, 0) is 19.1 Å². The Morgan fingerprint density at radius 3 is 2.58 bits per heavy atom. The van der Waals surface area contributed by atoms with Gasteiger partial charge in [0.2, 0.25) is 5.91 Å². The number of likely N-dealkylation sites (tertiary alicyclic amines) is 1. The molecule has 11 nitrogen and oxygen atoms in total. The molecule has 11 heteroatoms. The maximum atomic E-state index is 12.7. The zero-order valence-electron chi connectivity index (χ0n) is 18.1. The highest BCUT2D eigenvalue weighted by atomic mass is 16.7. The predicted molar refractivity (Wildman–Crippen MR) is 109 cm³/mol. The first-order valence-corrected chi connectivity index (χ1v) is 10.7. The van der Waals surface area contributed by atoms with Gasteiger partial charge in [-0.15, -0.1) is 0 Å². The van der Waals surface area contributed by atoms with E-state index in [1.165, 1.54) is 0 Å². The summed E-state index contributed by atoms with van der Waals surface area (Å²) in [5.74, 6) is -1.19. The number of benzene rings is 1. The first kappa shape index (κ1) is 23.4. The zero-order valence-corrected chi connectivity index (χ0v) is 18.1. The van der Waals surface area contributed by atoms with E-state index in [9.17, 15) is 35.3 Å². The number of hydrogen-bond acceptors (Lipinski definition) is 9. The maximum Gasteiger partial charge on any atom is 0.335 e. The molecule has 4 rings (SSSR count). The molecule has 1 aromatic carbocycles. The molecule has 1 amide bonds. The lowest BCUT2D eigenvalue weighted by atomic mass is 9.84. The summed E-state index contributed by atoms with van der Waals surface area (Å²) in [6, 6.07) is 6.18. The molecule has 0 aromatic heterocycles. The number of rotatable bonds is 4. The van der Waals surface area contributed by atoms with Crippen LogP contribution in [0.1, 0.15) is 43.9 Å². The fraction of sp³-hybridized carbons (Fsp3) is 0.591. The van der Waals surface area contributed by atoms with Crippen LogP contribution in [0.15, 0.2) is 18.2 Å². The number of hydrogen-bond donors (Lipinski definition) is 4. The van der Waals surface area contributed by atoms with Gasteiger partial charge < -0.3 is 39.5 Å². The number of aliphatic hydroxyl groups is 3. The molecule has 0 saturated carbocycles. The smallest absolute Gasteiger partial charge is 0.335 e. The molecule has 0 spiro atoms. The van der Waals surface area contributed by atoms with E-state index < -0.39 is 54.4 Å². The summed E-state index contributed by atoms with van der Waals surface area (Å²) in [5.41, 5.74) is -0.197. The molecule has 0 unspecified atom stereocenters. The molecule has 2 saturated heterocycles. The summed E-state index contributed by atoms with van der Waals surface area (Å²) < 4.78 is 17.5. The molecule has 2 fully saturated rings. The fourth-order valence-electron chi connectivity index (χ4n) is 4.67. The van der Waals surface area contributed by atoms with Crippen molar-refractivity contribution in [2.24, 2.45) is 0 Å². The molecule has 7 atom stereocenters. The number of carbonyl (C=O) groups is 2. The van der Waals surface area contributed by atoms with Gasteiger partial charge in [0.15, 0.2) is 12.4 Å². The minimum Gasteiger partial charge on any atom is -0.485 e. The van der Waals surface area contributed by atoms with Crippen molar-refractivity contribution in [2.45, 2.75) is 75.1 Å². The van der Waals surface area contributed by atoms with E-state index >= 15 is 0 Å². The quantitative estimate of drug-likeness (QED) is 0.465. The van der Waals surface area contributed by atoms with Crippen LogP contribution in [0.3, 0.4) is 0 Å². The van der Waals surface area contributed by atoms with Gasteiger partial charge >= 0.3 is 5.97 Å². The summed E-state index contributed by atoms with van der Waals surface area (Å²) in [5, 5.41) is 49.4. The second-order valence-corrected chi connectivity index (χ2v) is 9.00. The number of nitriles is 1. The summed E-state index contributed by atoms with van der Waals surface area (Å²) in [7, 11) is 0. The Morgan fingerprint density at radius 1 is 1.24 bits per heavy atom. The van der Waals surface area contributed by atoms with Crippen molar-refractivity contribution < 1.29 is 44.2 Å². The molecular weight excluding hydrogens is 436 g/mol. The van der Waals surface area contributed by atoms with Crippen molar-refractivity contribution in [3.8, 4) is 11.8 Å². The first-order valence-electron chi connectivity index (χ1n) is 10.7. The average Bonchev–Trinajstić information content (AvgIpc) is 3.18. The zero-order chi connectivity index (χ0) is 24.1. The Balaban J connectivity index is 1.75. The molecule has 0 bridgehead atoms. The minimum atomic E-state index is -1.86. The number of aliphatic hydroxyl groups excluding tert-OH is 3. The van der Waals surface area contributed by atoms with E-state index in [0.717, 1.165) is 0 Å². The number of carbonyl (C=O) groups excluding carboxylic acids is 1. The van der Waals surface area contributed by atoms with Gasteiger partial charge in [-0.1, -0.05) is 0 Å². The van der Waals surface area contributed by atoms with E-state index in [1.807, 2.05) is 0 Å². The lowest BCUT2D eigenvalue weighted by Crippen LogP contribution is -2.63. The highest BCUT2D eigenvalue weighted by Crippen LogP contribution is 2.46. The van der Waals surface area contributed by atoms with Gasteiger partial charge in [-0.25, -0.2) is 4.79 Å². The van der Waals surface area contributed by atoms with Crippen LogP contribution in [0.25, 0.3) is 0 Å². The molecule has 178 valence electrons. The Bertz CT molecular complexity index is 991. The summed E-state index contributed by atoms with van der Waals surface area (Å²) in [6.45, 7) is 3.85. The third kappa shape index (κ3) is 4.05. The highest BCUT2D eigenvalue weighted by Gasteiger charge is 2.54. The third-order valence-electron chi connectivity index (χ3n) is 6.34. The molecule has 3 heterocycles. The van der Waals surface area contributed by atoms with Gasteiger partial charge in [-0.3, -0.25) is 4.79 Å². The van der Waals surface area contributed by atoms with Crippen molar-refractivity contribution in [3.63, 3.8) is 0 Å². The van der Waals surface area contributed by atoms with Gasteiger partial charge in [-0.05, 0) is 38.5 Å². The van der Waals surface area contributed by atoms with Crippen LogP contribution >= 0.6 is 0 Å². The van der Waals surface area contributed by atoms with Crippen molar-refractivity contribution in [1.29, 1.82) is 5.26 Å². The third-order valence-corrected chi connectivity index (χ3v) is 6.34. The van der Waals surface area contributed by atoms with Gasteiger partial charge in [0, 0.05) is 18.5 Å². The molecule has 33 heavy (non-hydrogen) atoms. The topological polar surface area (TPSA) is 170 Å². The van der Waals surface area contributed by atoms with E-state index in [0.29, 0.717) is 36.3 Å². The number of amides is 1. The van der Waals surface area contributed by atoms with Gasteiger partial charge in [-0.2, -0.15) is 5.26 Å². The monoisotopic (exact) mass is 462 g/mol. The van der Waals surface area contributed by atoms with E-state index in [1.54, 1.807) is 36.9 Å². The number of aliphatic carboxylic acids is 1. The molecule has 3 aliphatic rings. The second-order valence-electron chi connectivity index (χ2n) is 9.00. The lowest BCUT2D eigenvalue weighted by Gasteiger charge is -2.49. The van der Waals surface area contributed by atoms with Gasteiger partial charge in [0.05, 0.1) is 17.7 Å². The molecule has 1 aromatic rings. The number of fused-ring (bicyclic) bond motifs is 1. The lowest BCUT2D eigenvalue weighted by molar-refractivity contribution is -0.320. The van der Waals surface area contributed by atoms with Crippen LogP contribution in [0.4, 0.5) is 0 Å². The van der Waals surface area contributed by atoms with Crippen molar-refractivity contribution in [1.82, 2.24) is 4.90 Å². The Labute approximate surface area is 189 Å².